The van der Waals surface area contributed by atoms with E-state index in [9.17, 15) is 116 Å². The molecule has 43 heteroatoms. The van der Waals surface area contributed by atoms with Crippen LogP contribution < -0.4 is 80.2 Å². The van der Waals surface area contributed by atoms with Crippen molar-refractivity contribution in [2.75, 3.05) is 45.1 Å². The Bertz CT molecular complexity index is 3180. The fourth-order valence-corrected chi connectivity index (χ4v) is 13.2. The second-order valence-electron chi connectivity index (χ2n) is 27.3. The Balaban J connectivity index is 1.72. The lowest BCUT2D eigenvalue weighted by atomic mass is 9.99. The van der Waals surface area contributed by atoms with Crippen LogP contribution in [0.5, 0.6) is 0 Å². The van der Waals surface area contributed by atoms with E-state index in [-0.39, 0.29) is 74.4 Å². The predicted octanol–water partition coefficient (Wildman–Crippen LogP) is -6.87. The number of fused-ring (bicyclic) bond motifs is 1. The van der Waals surface area contributed by atoms with Crippen LogP contribution in [-0.4, -0.2) is 265 Å². The summed E-state index contributed by atoms with van der Waals surface area (Å²) in [4.78, 5) is 244. The first kappa shape index (κ1) is 90.4. The van der Waals surface area contributed by atoms with E-state index in [1.54, 1.807) is 53.3 Å². The first-order valence-corrected chi connectivity index (χ1v) is 36.8. The molecule has 3 heterocycles. The van der Waals surface area contributed by atoms with Crippen molar-refractivity contribution >= 4 is 120 Å². The molecule has 14 atom stereocenters. The monoisotopic (exact) mass is 1530 g/mol. The molecule has 3 fully saturated rings. The van der Waals surface area contributed by atoms with Crippen molar-refractivity contribution in [1.82, 2.24) is 79.3 Å². The van der Waals surface area contributed by atoms with Gasteiger partial charge in [0.2, 0.25) is 82.7 Å². The van der Waals surface area contributed by atoms with Gasteiger partial charge in [-0.3, -0.25) is 81.2 Å². The Morgan fingerprint density at radius 2 is 1.05 bits per heavy atom. The number of phosphoric ester groups is 1. The molecule has 0 unspecified atom stereocenters. The van der Waals surface area contributed by atoms with Crippen molar-refractivity contribution in [2.45, 2.75) is 217 Å². The summed E-state index contributed by atoms with van der Waals surface area (Å²) < 4.78 is 16.6. The van der Waals surface area contributed by atoms with Crippen molar-refractivity contribution in [3.05, 3.63) is 0 Å². The lowest BCUT2D eigenvalue weighted by Gasteiger charge is -2.31. The molecule has 0 spiro atoms. The number of hydrogen-bond acceptors (Lipinski definition) is 22. The topological polar surface area (TPSA) is 636 Å². The van der Waals surface area contributed by atoms with Crippen molar-refractivity contribution in [1.29, 1.82) is 0 Å². The van der Waals surface area contributed by atoms with E-state index in [0.29, 0.717) is 12.8 Å². The third kappa shape index (κ3) is 32.2. The number of nitrogens with two attached hydrogens (primary N) is 1. The van der Waals surface area contributed by atoms with E-state index >= 15 is 0 Å². The highest BCUT2D eigenvalue weighted by Crippen LogP contribution is 2.36. The van der Waals surface area contributed by atoms with E-state index in [0.717, 1.165) is 24.0 Å². The number of carbonyl (C=O) groups is 17. The number of likely N-dealkylation sites (tertiary alicyclic amines) is 1. The number of amides is 16. The average molecular weight is 1540 g/mol. The minimum atomic E-state index is -5.48. The SMILES string of the molecule is CC(C)C[C@H](NC(=O)CNC(=O)[C@@H](NC(=O)[C@H](CC(=O)O)NC(=O)[C@@H]1CCCN1C(=O)[C@H](COP(=O)(O)O)NC(=O)[C@@H](NC(=O)[C@H](CC(C)C)NC(=O)[C@H](CC(C)C)NC(=O)[C@H](CC(=O)O)NC(=O)[C@H](CO)NC(=O)CNC(=O)CNC(=O)CCCC[C@@H]1SC[C@@H]2NC(=O)N[C@@H]21)[C@@H](C)O)C(C)C)C(N)=O. The van der Waals surface area contributed by atoms with Crippen molar-refractivity contribution in [2.24, 2.45) is 29.4 Å². The molecule has 592 valence electrons. The van der Waals surface area contributed by atoms with Gasteiger partial charge in [0.25, 0.3) is 0 Å². The zero-order valence-electron chi connectivity index (χ0n) is 59.9. The number of aliphatic hydroxyl groups is 2. The number of thioether (sulfide) groups is 1. The third-order valence-corrected chi connectivity index (χ3v) is 18.5. The zero-order valence-corrected chi connectivity index (χ0v) is 61.7. The van der Waals surface area contributed by atoms with Crippen molar-refractivity contribution in [3.8, 4) is 0 Å². The van der Waals surface area contributed by atoms with Crippen LogP contribution in [0.4, 0.5) is 4.79 Å². The van der Waals surface area contributed by atoms with Gasteiger partial charge in [-0.05, 0) is 75.5 Å². The zero-order chi connectivity index (χ0) is 79.3. The lowest BCUT2D eigenvalue weighted by molar-refractivity contribution is -0.145. The molecule has 0 radical (unpaired) electrons. The first-order chi connectivity index (χ1) is 49.0. The van der Waals surface area contributed by atoms with E-state index in [1.807, 2.05) is 0 Å². The van der Waals surface area contributed by atoms with Crippen LogP contribution in [-0.2, 0) is 85.8 Å². The van der Waals surface area contributed by atoms with Crippen LogP contribution in [0.2, 0.25) is 0 Å². The van der Waals surface area contributed by atoms with Gasteiger partial charge >= 0.3 is 25.8 Å². The minimum Gasteiger partial charge on any atom is -0.481 e. The Kier molecular flexibility index (Phi) is 37.5. The second-order valence-corrected chi connectivity index (χ2v) is 29.8. The number of urea groups is 1. The van der Waals surface area contributed by atoms with E-state index in [4.69, 9.17) is 5.73 Å². The fraction of sp³-hybridized carbons (Fsp3) is 0.726. The number of aliphatic hydroxyl groups excluding tert-OH is 2. The number of unbranched alkanes of at least 4 members (excludes halogenated alkanes) is 1. The summed E-state index contributed by atoms with van der Waals surface area (Å²) in [6.45, 7) is 9.32. The van der Waals surface area contributed by atoms with E-state index in [1.165, 1.54) is 13.8 Å². The minimum absolute atomic E-state index is 0.0115. The Labute approximate surface area is 609 Å². The van der Waals surface area contributed by atoms with Crippen LogP contribution >= 0.6 is 19.6 Å². The number of carboxylic acid groups (broad SMARTS) is 2. The van der Waals surface area contributed by atoms with Crippen molar-refractivity contribution < 1.29 is 121 Å². The highest BCUT2D eigenvalue weighted by atomic mass is 32.2. The molecule has 0 aromatic heterocycles. The fourth-order valence-electron chi connectivity index (χ4n) is 11.3. The summed E-state index contributed by atoms with van der Waals surface area (Å²) in [5.74, 6) is -18.8. The summed E-state index contributed by atoms with van der Waals surface area (Å²) >= 11 is 1.73. The lowest BCUT2D eigenvalue weighted by Crippen LogP contribution is -2.62. The normalized spacial score (nSPS) is 19.0. The number of nitrogens with one attached hydrogen (secondary N) is 14. The number of nitrogens with zero attached hydrogens (tertiary/aromatic N) is 1. The maximum absolute atomic E-state index is 14.4. The number of primary amides is 1. The maximum atomic E-state index is 14.4. The van der Waals surface area contributed by atoms with E-state index in [2.05, 4.69) is 79.0 Å². The standard InChI is InChI=1S/C62H103N16O25PS/c1-28(2)17-33(52(63)89)67-46(84)24-66-59(96)49(31(7)8)75-56(93)37(21-48(87)88)72-58(95)41-13-12-16-78(41)61(98)39(26-103-104(100,101)102)73-60(97)50(32(9)80)76-55(92)35(19-30(5)6)70-53(90)34(18-29(3)4)69-54(91)36(20-47(85)86)71-57(94)38(25-79)68-45(83)23-65-44(82)22-64-43(81)15-11-10-14-42-51-40(27-105-42)74-62(99)77-51/h28-42,49-51,79-80H,10-27H2,1-9H3,(H2,63,89)(H,64,81)(H,65,82)(H,66,96)(H,67,84)(H,68,83)(H,69,91)(H,70,90)(H,71,94)(H,72,95)(H,73,97)(H,75,93)(H,76,92)(H,85,86)(H,87,88)(H2,74,77,99)(H2,100,101,102)/t32-,33+,34+,35+,36+,37+,38+,39+,40+,41+,42+,49+,50+,51+/m1/s1. The van der Waals surface area contributed by atoms with Crippen LogP contribution in [0, 0.1) is 23.7 Å². The molecule has 0 aromatic rings. The first-order valence-electron chi connectivity index (χ1n) is 34.2. The van der Waals surface area contributed by atoms with Gasteiger partial charge < -0.3 is 115 Å². The molecule has 41 nitrogen and oxygen atoms in total. The quantitative estimate of drug-likeness (QED) is 0.0153. The summed E-state index contributed by atoms with van der Waals surface area (Å²) in [6.07, 6.45) is -2.43. The van der Waals surface area contributed by atoms with Crippen LogP contribution in [0.25, 0.3) is 0 Å². The Morgan fingerprint density at radius 1 is 0.571 bits per heavy atom. The summed E-state index contributed by atoms with van der Waals surface area (Å²) in [6, 6.07) is -17.5. The summed E-state index contributed by atoms with van der Waals surface area (Å²) in [5, 5.41) is 73.9. The number of hydrogen-bond donors (Lipinski definition) is 21. The highest BCUT2D eigenvalue weighted by Gasteiger charge is 2.45. The molecule has 0 saturated carbocycles. The van der Waals surface area contributed by atoms with Crippen LogP contribution in [0.1, 0.15) is 133 Å². The summed E-state index contributed by atoms with van der Waals surface area (Å²) in [7, 11) is -5.48. The van der Waals surface area contributed by atoms with Gasteiger partial charge in [0.15, 0.2) is 0 Å². The number of phosphoric acid groups is 1. The number of rotatable bonds is 46. The highest BCUT2D eigenvalue weighted by molar-refractivity contribution is 8.00. The number of carbonyl (C=O) groups excluding carboxylic acids is 15. The van der Waals surface area contributed by atoms with E-state index < -0.39 is 232 Å². The Hall–Kier alpha value is -8.83. The molecule has 3 aliphatic heterocycles. The van der Waals surface area contributed by atoms with Gasteiger partial charge in [-0.25, -0.2) is 9.36 Å². The molecule has 22 N–H and O–H groups in total. The molecular weight excluding hydrogens is 1430 g/mol. The molecule has 0 bridgehead atoms. The van der Waals surface area contributed by atoms with Gasteiger partial charge in [-0.15, -0.1) is 0 Å². The molecule has 3 rings (SSSR count). The smallest absolute Gasteiger partial charge is 0.469 e. The third-order valence-electron chi connectivity index (χ3n) is 16.5. The Morgan fingerprint density at radius 3 is 1.58 bits per heavy atom. The van der Waals surface area contributed by atoms with Gasteiger partial charge in [0.1, 0.15) is 60.4 Å². The molecule has 3 saturated heterocycles. The largest absolute Gasteiger partial charge is 0.481 e. The molecule has 105 heavy (non-hydrogen) atoms. The summed E-state index contributed by atoms with van der Waals surface area (Å²) in [5.41, 5.74) is 5.39. The number of aliphatic carboxylic acids is 2. The van der Waals surface area contributed by atoms with Gasteiger partial charge in [0.05, 0.1) is 63.9 Å². The van der Waals surface area contributed by atoms with Crippen molar-refractivity contribution in [3.63, 3.8) is 0 Å². The molecule has 0 aromatic carbocycles. The predicted molar refractivity (Wildman–Crippen MR) is 369 cm³/mol. The maximum Gasteiger partial charge on any atom is 0.469 e. The second kappa shape index (κ2) is 43.6. The van der Waals surface area contributed by atoms with Gasteiger partial charge in [-0.2, -0.15) is 11.8 Å². The molecular formula is C62H103N16O25PS. The van der Waals surface area contributed by atoms with Crippen LogP contribution in [0.3, 0.4) is 0 Å². The molecule has 16 amide bonds. The molecule has 0 aliphatic carbocycles. The number of carboxylic acids is 2. The van der Waals surface area contributed by atoms with Gasteiger partial charge in [0, 0.05) is 24.0 Å². The molecule has 3 aliphatic rings. The van der Waals surface area contributed by atoms with Gasteiger partial charge in [-0.1, -0.05) is 61.8 Å². The van der Waals surface area contributed by atoms with Crippen LogP contribution in [0.15, 0.2) is 0 Å². The average Bonchev–Trinajstić information content (AvgIpc) is 1.70.